The van der Waals surface area contributed by atoms with Gasteiger partial charge < -0.3 is 25.5 Å². The number of nitrogens with zero attached hydrogens (tertiary/aromatic N) is 2. The van der Waals surface area contributed by atoms with Gasteiger partial charge in [-0.05, 0) is 48.6 Å². The Hall–Kier alpha value is -3.10. The number of amides is 4. The maximum Gasteiger partial charge on any atom is 0.321 e. The number of hydrogen-bond acceptors (Lipinski definition) is 4. The van der Waals surface area contributed by atoms with Gasteiger partial charge in [-0.1, -0.05) is 69.6 Å². The predicted molar refractivity (Wildman–Crippen MR) is 152 cm³/mol. The molecular weight excluding hydrogens is 516 g/mol. The minimum absolute atomic E-state index is 0.125. The Morgan fingerprint density at radius 2 is 1.67 bits per heavy atom. The molecule has 0 aliphatic carbocycles. The number of hydrogen-bond donors (Lipinski definition) is 3. The second-order valence-electron chi connectivity index (χ2n) is 11.7. The molecule has 3 atom stereocenters. The highest BCUT2D eigenvalue weighted by Gasteiger charge is 2.50. The van der Waals surface area contributed by atoms with Gasteiger partial charge in [0.25, 0.3) is 0 Å². The third-order valence-electron chi connectivity index (χ3n) is 8.18. The van der Waals surface area contributed by atoms with Crippen molar-refractivity contribution in [2.75, 3.05) is 31.5 Å². The van der Waals surface area contributed by atoms with Crippen LogP contribution in [0.5, 0.6) is 0 Å². The van der Waals surface area contributed by atoms with Gasteiger partial charge in [0, 0.05) is 42.3 Å². The first kappa shape index (κ1) is 28.9. The lowest BCUT2D eigenvalue weighted by Gasteiger charge is -2.51. The average Bonchev–Trinajstić information content (AvgIpc) is 3.40. The Morgan fingerprint density at radius 1 is 1.00 bits per heavy atom. The number of piperidine rings is 1. The smallest absolute Gasteiger partial charge is 0.321 e. The predicted octanol–water partition coefficient (Wildman–Crippen LogP) is 4.48. The molecule has 2 aliphatic heterocycles. The fourth-order valence-electron chi connectivity index (χ4n) is 5.64. The van der Waals surface area contributed by atoms with Gasteiger partial charge in [0.2, 0.25) is 11.8 Å². The van der Waals surface area contributed by atoms with E-state index in [1.165, 1.54) is 0 Å². The lowest BCUT2D eigenvalue weighted by molar-refractivity contribution is -0.157. The van der Waals surface area contributed by atoms with Gasteiger partial charge in [0.1, 0.15) is 6.04 Å². The standard InChI is InChI=1S/C30H39ClN4O4/c1-20(2)25(33-26(36)21-14-16-34(18-21)28(38)32-24-8-6-5-7-9-24)27(37)35-17-15-30(39,29(3,4)19-35)22-10-12-23(31)13-11-22/h5-13,20-21,25,39H,14-19H2,1-4H3,(H,32,38)(H,33,36)/t21-,25-,30+/m1/s1. The number of aliphatic hydroxyl groups is 1. The zero-order valence-electron chi connectivity index (χ0n) is 23.1. The fourth-order valence-corrected chi connectivity index (χ4v) is 5.76. The first-order chi connectivity index (χ1) is 18.4. The molecule has 8 nitrogen and oxygen atoms in total. The van der Waals surface area contributed by atoms with Gasteiger partial charge in [0.15, 0.2) is 0 Å². The molecule has 2 saturated heterocycles. The maximum atomic E-state index is 13.7. The molecule has 2 fully saturated rings. The molecule has 0 unspecified atom stereocenters. The molecule has 2 aromatic carbocycles. The van der Waals surface area contributed by atoms with Crippen molar-refractivity contribution in [2.45, 2.75) is 52.2 Å². The number of benzene rings is 2. The van der Waals surface area contributed by atoms with Gasteiger partial charge in [-0.2, -0.15) is 0 Å². The molecule has 210 valence electrons. The summed E-state index contributed by atoms with van der Waals surface area (Å²) >= 11 is 6.05. The summed E-state index contributed by atoms with van der Waals surface area (Å²) in [6.45, 7) is 9.23. The number of likely N-dealkylation sites (tertiary alicyclic amines) is 2. The highest BCUT2D eigenvalue weighted by Crippen LogP contribution is 2.46. The van der Waals surface area contributed by atoms with Crippen LogP contribution in [0.1, 0.15) is 46.1 Å². The fraction of sp³-hybridized carbons (Fsp3) is 0.500. The van der Waals surface area contributed by atoms with E-state index in [4.69, 9.17) is 11.6 Å². The topological polar surface area (TPSA) is 102 Å². The van der Waals surface area contributed by atoms with Gasteiger partial charge >= 0.3 is 6.03 Å². The molecule has 2 heterocycles. The van der Waals surface area contributed by atoms with Crippen LogP contribution >= 0.6 is 11.6 Å². The van der Waals surface area contributed by atoms with Gasteiger partial charge in [-0.15, -0.1) is 0 Å². The van der Waals surface area contributed by atoms with Crippen molar-refractivity contribution in [3.63, 3.8) is 0 Å². The van der Waals surface area contributed by atoms with E-state index in [1.54, 1.807) is 21.9 Å². The Labute approximate surface area is 235 Å². The molecular formula is C30H39ClN4O4. The highest BCUT2D eigenvalue weighted by atomic mass is 35.5. The first-order valence-electron chi connectivity index (χ1n) is 13.6. The Bertz CT molecular complexity index is 1190. The molecule has 0 bridgehead atoms. The first-order valence-corrected chi connectivity index (χ1v) is 14.0. The normalized spacial score (nSPS) is 23.4. The van der Waals surface area contributed by atoms with Crippen molar-refractivity contribution < 1.29 is 19.5 Å². The Morgan fingerprint density at radius 3 is 2.28 bits per heavy atom. The largest absolute Gasteiger partial charge is 0.384 e. The summed E-state index contributed by atoms with van der Waals surface area (Å²) in [5, 5.41) is 18.1. The Kier molecular flexibility index (Phi) is 8.57. The van der Waals surface area contributed by atoms with Crippen molar-refractivity contribution in [1.82, 2.24) is 15.1 Å². The summed E-state index contributed by atoms with van der Waals surface area (Å²) in [7, 11) is 0. The number of nitrogens with one attached hydrogen (secondary N) is 2. The third kappa shape index (κ3) is 6.23. The van der Waals surface area contributed by atoms with Crippen LogP contribution in [0.25, 0.3) is 0 Å². The Balaban J connectivity index is 1.37. The van der Waals surface area contributed by atoms with Crippen LogP contribution in [0.3, 0.4) is 0 Å². The van der Waals surface area contributed by atoms with E-state index >= 15 is 0 Å². The van der Waals surface area contributed by atoms with Gasteiger partial charge in [-0.25, -0.2) is 4.79 Å². The monoisotopic (exact) mass is 554 g/mol. The van der Waals surface area contributed by atoms with E-state index in [0.29, 0.717) is 49.7 Å². The number of rotatable bonds is 6. The summed E-state index contributed by atoms with van der Waals surface area (Å²) in [6.07, 6.45) is 0.915. The number of halogens is 1. The van der Waals surface area contributed by atoms with E-state index in [9.17, 15) is 19.5 Å². The van der Waals surface area contributed by atoms with Crippen molar-refractivity contribution >= 4 is 35.1 Å². The lowest BCUT2D eigenvalue weighted by Crippen LogP contribution is -2.60. The molecule has 0 spiro atoms. The van der Waals surface area contributed by atoms with Crippen LogP contribution in [-0.4, -0.2) is 65.0 Å². The minimum atomic E-state index is -1.11. The second-order valence-corrected chi connectivity index (χ2v) is 12.2. The molecule has 0 radical (unpaired) electrons. The molecule has 2 aromatic rings. The zero-order valence-corrected chi connectivity index (χ0v) is 23.9. The van der Waals surface area contributed by atoms with Crippen molar-refractivity contribution in [3.05, 3.63) is 65.2 Å². The molecule has 4 rings (SSSR count). The average molecular weight is 555 g/mol. The summed E-state index contributed by atoms with van der Waals surface area (Å²) in [6, 6.07) is 15.5. The molecule has 3 N–H and O–H groups in total. The number of anilines is 1. The molecule has 4 amide bonds. The number of carbonyl (C=O) groups excluding carboxylic acids is 3. The highest BCUT2D eigenvalue weighted by molar-refractivity contribution is 6.30. The van der Waals surface area contributed by atoms with E-state index in [0.717, 1.165) is 5.56 Å². The van der Waals surface area contributed by atoms with E-state index in [-0.39, 0.29) is 29.7 Å². The summed E-state index contributed by atoms with van der Waals surface area (Å²) in [5.74, 6) is -0.874. The van der Waals surface area contributed by atoms with E-state index in [2.05, 4.69) is 10.6 Å². The van der Waals surface area contributed by atoms with Crippen molar-refractivity contribution in [2.24, 2.45) is 17.3 Å². The van der Waals surface area contributed by atoms with Crippen LogP contribution in [0.15, 0.2) is 54.6 Å². The number of carbonyl (C=O) groups is 3. The van der Waals surface area contributed by atoms with Gasteiger partial charge in [0.05, 0.1) is 11.5 Å². The van der Waals surface area contributed by atoms with Crippen molar-refractivity contribution in [1.29, 1.82) is 0 Å². The summed E-state index contributed by atoms with van der Waals surface area (Å²) < 4.78 is 0. The maximum absolute atomic E-state index is 13.7. The molecule has 9 heteroatoms. The van der Waals surface area contributed by atoms with E-state index in [1.807, 2.05) is 70.2 Å². The molecule has 39 heavy (non-hydrogen) atoms. The van der Waals surface area contributed by atoms with Crippen LogP contribution < -0.4 is 10.6 Å². The summed E-state index contributed by atoms with van der Waals surface area (Å²) in [5.41, 5.74) is -0.259. The zero-order chi connectivity index (χ0) is 28.4. The second kappa shape index (κ2) is 11.6. The van der Waals surface area contributed by atoms with Gasteiger partial charge in [-0.3, -0.25) is 9.59 Å². The SMILES string of the molecule is CC(C)[C@@H](NC(=O)[C@@H]1CCN(C(=O)Nc2ccccc2)C1)C(=O)N1CC[C@](O)(c2ccc(Cl)cc2)C(C)(C)C1. The number of urea groups is 1. The van der Waals surface area contributed by atoms with Crippen LogP contribution in [0.4, 0.5) is 10.5 Å². The number of para-hydroxylation sites is 1. The lowest BCUT2D eigenvalue weighted by atomic mass is 9.66. The quantitative estimate of drug-likeness (QED) is 0.490. The third-order valence-corrected chi connectivity index (χ3v) is 8.44. The van der Waals surface area contributed by atoms with E-state index < -0.39 is 17.1 Å². The van der Waals surface area contributed by atoms with Crippen LogP contribution in [0, 0.1) is 17.3 Å². The molecule has 2 aliphatic rings. The minimum Gasteiger partial charge on any atom is -0.384 e. The molecule has 0 aromatic heterocycles. The van der Waals surface area contributed by atoms with Crippen LogP contribution in [0.2, 0.25) is 5.02 Å². The summed E-state index contributed by atoms with van der Waals surface area (Å²) in [4.78, 5) is 43.0. The van der Waals surface area contributed by atoms with Crippen molar-refractivity contribution in [3.8, 4) is 0 Å². The van der Waals surface area contributed by atoms with Crippen LogP contribution in [-0.2, 0) is 15.2 Å². The molecule has 0 saturated carbocycles.